The molecule has 0 aliphatic rings. The largest absolute Gasteiger partial charge is 0.496 e. The van der Waals surface area contributed by atoms with Crippen LogP contribution in [0.3, 0.4) is 0 Å². The topological polar surface area (TPSA) is 93.4 Å². The average Bonchev–Trinajstić information content (AvgIpc) is 2.61. The lowest BCUT2D eigenvalue weighted by atomic mass is 10.0. The number of urea groups is 1. The fraction of sp³-hybridized carbons (Fsp3) is 0.263. The van der Waals surface area contributed by atoms with Crippen molar-refractivity contribution in [1.82, 2.24) is 10.6 Å². The quantitative estimate of drug-likeness (QED) is 0.662. The molecule has 1 atom stereocenters. The summed E-state index contributed by atoms with van der Waals surface area (Å²) < 4.78 is 5.29. The summed E-state index contributed by atoms with van der Waals surface area (Å²) in [5.41, 5.74) is 6.88. The van der Waals surface area contributed by atoms with E-state index in [-0.39, 0.29) is 12.3 Å². The first-order valence-electron chi connectivity index (χ1n) is 8.20. The van der Waals surface area contributed by atoms with Gasteiger partial charge in [-0.25, -0.2) is 4.79 Å². The van der Waals surface area contributed by atoms with E-state index < -0.39 is 12.1 Å². The van der Waals surface area contributed by atoms with E-state index in [1.807, 2.05) is 24.3 Å². The zero-order chi connectivity index (χ0) is 18.9. The zero-order valence-corrected chi connectivity index (χ0v) is 15.3. The Bertz CT molecular complexity index is 767. The van der Waals surface area contributed by atoms with Crippen molar-refractivity contribution in [2.45, 2.75) is 18.9 Å². The number of para-hydroxylation sites is 1. The predicted molar refractivity (Wildman–Crippen MR) is 101 cm³/mol. The van der Waals surface area contributed by atoms with E-state index in [0.29, 0.717) is 23.6 Å². The van der Waals surface area contributed by atoms with Crippen LogP contribution < -0.4 is 21.1 Å². The lowest BCUT2D eigenvalue weighted by molar-refractivity contribution is -0.121. The summed E-state index contributed by atoms with van der Waals surface area (Å²) in [6, 6.07) is 13.4. The Morgan fingerprint density at radius 2 is 1.85 bits per heavy atom. The molecule has 26 heavy (non-hydrogen) atoms. The molecule has 0 aliphatic heterocycles. The Balaban J connectivity index is 1.95. The van der Waals surface area contributed by atoms with Gasteiger partial charge in [0.1, 0.15) is 5.75 Å². The van der Waals surface area contributed by atoms with E-state index >= 15 is 0 Å². The highest BCUT2D eigenvalue weighted by atomic mass is 35.5. The van der Waals surface area contributed by atoms with Gasteiger partial charge in [0.15, 0.2) is 0 Å². The fourth-order valence-electron chi connectivity index (χ4n) is 2.67. The molecule has 0 spiro atoms. The zero-order valence-electron chi connectivity index (χ0n) is 14.5. The molecule has 0 radical (unpaired) electrons. The van der Waals surface area contributed by atoms with Gasteiger partial charge in [0.25, 0.3) is 0 Å². The summed E-state index contributed by atoms with van der Waals surface area (Å²) in [5, 5.41) is 5.88. The summed E-state index contributed by atoms with van der Waals surface area (Å²) >= 11 is 6.17. The van der Waals surface area contributed by atoms with Crippen molar-refractivity contribution in [2.24, 2.45) is 5.73 Å². The number of halogens is 1. The molecule has 6 nitrogen and oxygen atoms in total. The minimum Gasteiger partial charge on any atom is -0.496 e. The highest BCUT2D eigenvalue weighted by Crippen LogP contribution is 2.25. The van der Waals surface area contributed by atoms with Gasteiger partial charge < -0.3 is 21.1 Å². The number of primary amides is 1. The number of amides is 3. The number of carbonyl (C=O) groups excluding carboxylic acids is 2. The number of rotatable bonds is 8. The molecule has 0 aromatic heterocycles. The molecule has 2 rings (SSSR count). The summed E-state index contributed by atoms with van der Waals surface area (Å²) in [7, 11) is 1.61. The number of ether oxygens (including phenoxy) is 1. The Morgan fingerprint density at radius 3 is 2.54 bits per heavy atom. The van der Waals surface area contributed by atoms with E-state index in [2.05, 4.69) is 10.6 Å². The minimum atomic E-state index is -0.711. The van der Waals surface area contributed by atoms with Crippen molar-refractivity contribution < 1.29 is 14.3 Å². The first-order valence-corrected chi connectivity index (χ1v) is 8.58. The van der Waals surface area contributed by atoms with Crippen LogP contribution in [0, 0.1) is 0 Å². The predicted octanol–water partition coefficient (Wildman–Crippen LogP) is 2.81. The third kappa shape index (κ3) is 5.67. The van der Waals surface area contributed by atoms with Crippen LogP contribution in [0.25, 0.3) is 0 Å². The van der Waals surface area contributed by atoms with Crippen molar-refractivity contribution >= 4 is 23.5 Å². The second-order valence-corrected chi connectivity index (χ2v) is 6.11. The molecule has 0 saturated heterocycles. The van der Waals surface area contributed by atoms with Crippen LogP contribution in [-0.4, -0.2) is 25.6 Å². The molecule has 0 heterocycles. The molecule has 0 unspecified atom stereocenters. The van der Waals surface area contributed by atoms with Crippen LogP contribution in [0.2, 0.25) is 5.02 Å². The minimum absolute atomic E-state index is 0.0403. The number of hydrogen-bond acceptors (Lipinski definition) is 3. The third-order valence-corrected chi connectivity index (χ3v) is 4.24. The van der Waals surface area contributed by atoms with E-state index in [9.17, 15) is 9.59 Å². The second kappa shape index (κ2) is 9.68. The Labute approximate surface area is 157 Å². The summed E-state index contributed by atoms with van der Waals surface area (Å²) in [6.07, 6.45) is 0.675. The standard InChI is InChI=1S/C19H22ClN3O3/c1-26-17-9-5-2-6-13(17)10-11-22-18(24)12-16(23-19(21)25)14-7-3-4-8-15(14)20/h2-9,16H,10-12H2,1H3,(H,22,24)(H3,21,23,25)/t16-/m1/s1. The lowest BCUT2D eigenvalue weighted by Crippen LogP contribution is -2.37. The van der Waals surface area contributed by atoms with Gasteiger partial charge in [0.2, 0.25) is 5.91 Å². The molecule has 3 amide bonds. The van der Waals surface area contributed by atoms with E-state index in [1.165, 1.54) is 0 Å². The van der Waals surface area contributed by atoms with Crippen molar-refractivity contribution in [3.63, 3.8) is 0 Å². The van der Waals surface area contributed by atoms with Gasteiger partial charge in [-0.2, -0.15) is 0 Å². The maximum atomic E-state index is 12.3. The number of carbonyl (C=O) groups is 2. The number of nitrogens with two attached hydrogens (primary N) is 1. The maximum Gasteiger partial charge on any atom is 0.312 e. The summed E-state index contributed by atoms with van der Waals surface area (Å²) in [6.45, 7) is 0.449. The smallest absolute Gasteiger partial charge is 0.312 e. The van der Waals surface area contributed by atoms with Crippen LogP contribution in [0.1, 0.15) is 23.6 Å². The van der Waals surface area contributed by atoms with Crippen LogP contribution in [0.4, 0.5) is 4.79 Å². The maximum absolute atomic E-state index is 12.3. The first kappa shape index (κ1) is 19.6. The first-order chi connectivity index (χ1) is 12.5. The van der Waals surface area contributed by atoms with Gasteiger partial charge in [0, 0.05) is 11.6 Å². The number of benzene rings is 2. The van der Waals surface area contributed by atoms with Crippen LogP contribution in [0.5, 0.6) is 5.75 Å². The molecule has 2 aromatic carbocycles. The molecule has 4 N–H and O–H groups in total. The normalized spacial score (nSPS) is 11.5. The van der Waals surface area contributed by atoms with Crippen molar-refractivity contribution in [3.8, 4) is 5.75 Å². The Hall–Kier alpha value is -2.73. The molecule has 138 valence electrons. The molecule has 0 bridgehead atoms. The molecule has 0 saturated carbocycles. The fourth-order valence-corrected chi connectivity index (χ4v) is 2.94. The van der Waals surface area contributed by atoms with Crippen LogP contribution in [-0.2, 0) is 11.2 Å². The highest BCUT2D eigenvalue weighted by Gasteiger charge is 2.19. The van der Waals surface area contributed by atoms with Crippen molar-refractivity contribution in [2.75, 3.05) is 13.7 Å². The average molecular weight is 376 g/mol. The van der Waals surface area contributed by atoms with Gasteiger partial charge in [-0.15, -0.1) is 0 Å². The summed E-state index contributed by atoms with van der Waals surface area (Å²) in [5.74, 6) is 0.574. The van der Waals surface area contributed by atoms with Crippen LogP contribution in [0.15, 0.2) is 48.5 Å². The van der Waals surface area contributed by atoms with E-state index in [0.717, 1.165) is 11.3 Å². The highest BCUT2D eigenvalue weighted by molar-refractivity contribution is 6.31. The van der Waals surface area contributed by atoms with E-state index in [1.54, 1.807) is 31.4 Å². The van der Waals surface area contributed by atoms with Gasteiger partial charge in [0.05, 0.1) is 19.6 Å². The Kier molecular flexibility index (Phi) is 7.29. The number of methoxy groups -OCH3 is 1. The SMILES string of the molecule is COc1ccccc1CCNC(=O)C[C@@H](NC(N)=O)c1ccccc1Cl. The van der Waals surface area contributed by atoms with Gasteiger partial charge in [-0.1, -0.05) is 48.0 Å². The third-order valence-electron chi connectivity index (χ3n) is 3.90. The number of hydrogen-bond donors (Lipinski definition) is 3. The molecule has 0 fully saturated rings. The van der Waals surface area contributed by atoms with Crippen molar-refractivity contribution in [3.05, 3.63) is 64.7 Å². The monoisotopic (exact) mass is 375 g/mol. The summed E-state index contributed by atoms with van der Waals surface area (Å²) in [4.78, 5) is 23.6. The van der Waals surface area contributed by atoms with Crippen molar-refractivity contribution in [1.29, 1.82) is 0 Å². The lowest BCUT2D eigenvalue weighted by Gasteiger charge is -2.19. The molecule has 7 heteroatoms. The molecular formula is C19H22ClN3O3. The van der Waals surface area contributed by atoms with Crippen LogP contribution >= 0.6 is 11.6 Å². The molecule has 2 aromatic rings. The molecule has 0 aliphatic carbocycles. The molecular weight excluding hydrogens is 354 g/mol. The van der Waals surface area contributed by atoms with Gasteiger partial charge in [-0.3, -0.25) is 4.79 Å². The van der Waals surface area contributed by atoms with Gasteiger partial charge >= 0.3 is 6.03 Å². The van der Waals surface area contributed by atoms with E-state index in [4.69, 9.17) is 22.1 Å². The Morgan fingerprint density at radius 1 is 1.15 bits per heavy atom. The van der Waals surface area contributed by atoms with Gasteiger partial charge in [-0.05, 0) is 29.7 Å². The second-order valence-electron chi connectivity index (χ2n) is 5.70. The number of nitrogens with one attached hydrogen (secondary N) is 2.